The maximum absolute atomic E-state index is 10.9. The molecule has 0 aromatic carbocycles. The van der Waals surface area contributed by atoms with Crippen LogP contribution < -0.4 is 0 Å². The van der Waals surface area contributed by atoms with Crippen molar-refractivity contribution in [1.29, 1.82) is 0 Å². The highest BCUT2D eigenvalue weighted by molar-refractivity contribution is 5.66. The number of carbonyl (C=O) groups is 1. The fourth-order valence-electron chi connectivity index (χ4n) is 1.97. The number of isocyanates is 1. The van der Waals surface area contributed by atoms with Crippen LogP contribution in [0.4, 0.5) is 0 Å². The first-order valence-electron chi connectivity index (χ1n) is 4.92. The highest BCUT2D eigenvalue weighted by Gasteiger charge is 2.34. The normalized spacial score (nSPS) is 19.5. The van der Waals surface area contributed by atoms with Gasteiger partial charge in [0.15, 0.2) is 0 Å². The van der Waals surface area contributed by atoms with Crippen LogP contribution in [-0.4, -0.2) is 24.2 Å². The molecule has 1 saturated carbocycles. The van der Waals surface area contributed by atoms with Crippen molar-refractivity contribution < 1.29 is 14.3 Å². The maximum Gasteiger partial charge on any atom is 0.303 e. The largest absolute Gasteiger partial charge is 0.457 e. The minimum atomic E-state index is -0.526. The topological polar surface area (TPSA) is 55.7 Å². The summed E-state index contributed by atoms with van der Waals surface area (Å²) < 4.78 is 5.27. The van der Waals surface area contributed by atoms with Crippen molar-refractivity contribution >= 4 is 12.0 Å². The molecule has 0 unspecified atom stereocenters. The van der Waals surface area contributed by atoms with E-state index in [0.29, 0.717) is 0 Å². The Labute approximate surface area is 83.3 Å². The Bertz CT molecular complexity index is 244. The highest BCUT2D eigenvalue weighted by Crippen LogP contribution is 2.32. The second-order valence-electron chi connectivity index (χ2n) is 3.74. The van der Waals surface area contributed by atoms with Crippen molar-refractivity contribution in [1.82, 2.24) is 0 Å². The number of esters is 1. The van der Waals surface area contributed by atoms with E-state index >= 15 is 0 Å². The lowest BCUT2D eigenvalue weighted by molar-refractivity contribution is -0.159. The summed E-state index contributed by atoms with van der Waals surface area (Å²) in [4.78, 5) is 24.5. The van der Waals surface area contributed by atoms with Gasteiger partial charge >= 0.3 is 5.97 Å². The lowest BCUT2D eigenvalue weighted by Gasteiger charge is -2.34. The molecule has 0 heterocycles. The Morgan fingerprint density at radius 2 is 2.07 bits per heavy atom. The summed E-state index contributed by atoms with van der Waals surface area (Å²) in [7, 11) is 0. The molecule has 1 aliphatic rings. The average Bonchev–Trinajstić information content (AvgIpc) is 2.15. The molecule has 78 valence electrons. The molecule has 0 aromatic rings. The summed E-state index contributed by atoms with van der Waals surface area (Å²) in [6.45, 7) is 1.65. The van der Waals surface area contributed by atoms with Gasteiger partial charge in [-0.3, -0.25) is 4.79 Å². The van der Waals surface area contributed by atoms with E-state index in [0.717, 1.165) is 32.1 Å². The molecule has 1 fully saturated rings. The van der Waals surface area contributed by atoms with Crippen LogP contribution in [0.3, 0.4) is 0 Å². The second-order valence-corrected chi connectivity index (χ2v) is 3.74. The second kappa shape index (κ2) is 4.91. The summed E-state index contributed by atoms with van der Waals surface area (Å²) in [5.41, 5.74) is -0.526. The lowest BCUT2D eigenvalue weighted by Crippen LogP contribution is -2.39. The van der Waals surface area contributed by atoms with E-state index in [9.17, 15) is 9.59 Å². The van der Waals surface area contributed by atoms with Crippen molar-refractivity contribution in [3.05, 3.63) is 0 Å². The van der Waals surface area contributed by atoms with Crippen molar-refractivity contribution in [2.24, 2.45) is 4.99 Å². The molecule has 0 bridgehead atoms. The number of nitrogens with zero attached hydrogens (tertiary/aromatic N) is 1. The smallest absolute Gasteiger partial charge is 0.303 e. The van der Waals surface area contributed by atoms with Crippen LogP contribution in [-0.2, 0) is 14.3 Å². The van der Waals surface area contributed by atoms with E-state index in [1.165, 1.54) is 13.0 Å². The van der Waals surface area contributed by atoms with Gasteiger partial charge in [-0.25, -0.2) is 9.79 Å². The Balaban J connectivity index is 2.65. The molecule has 0 spiro atoms. The summed E-state index contributed by atoms with van der Waals surface area (Å²) in [6, 6.07) is 0. The molecule has 4 heteroatoms. The van der Waals surface area contributed by atoms with E-state index < -0.39 is 5.60 Å². The predicted octanol–water partition coefficient (Wildman–Crippen LogP) is 1.59. The number of hydrogen-bond acceptors (Lipinski definition) is 4. The van der Waals surface area contributed by atoms with Crippen molar-refractivity contribution in [2.75, 3.05) is 6.54 Å². The van der Waals surface area contributed by atoms with Crippen molar-refractivity contribution in [2.45, 2.75) is 44.6 Å². The van der Waals surface area contributed by atoms with Gasteiger partial charge in [-0.05, 0) is 25.7 Å². The standard InChI is InChI=1S/C10H15NO3/c1-9(13)14-10(7-11-8-12)5-3-2-4-6-10/h2-7H2,1H3. The highest BCUT2D eigenvalue weighted by atomic mass is 16.6. The molecule has 0 aromatic heterocycles. The zero-order valence-corrected chi connectivity index (χ0v) is 8.41. The first-order chi connectivity index (χ1) is 6.68. The van der Waals surface area contributed by atoms with Gasteiger partial charge in [-0.15, -0.1) is 0 Å². The van der Waals surface area contributed by atoms with Gasteiger partial charge in [0, 0.05) is 6.92 Å². The Hall–Kier alpha value is -1.15. The zero-order chi connectivity index (χ0) is 10.4. The third-order valence-electron chi connectivity index (χ3n) is 2.56. The Kier molecular flexibility index (Phi) is 3.84. The van der Waals surface area contributed by atoms with Gasteiger partial charge in [0.25, 0.3) is 0 Å². The summed E-state index contributed by atoms with van der Waals surface area (Å²) in [6.07, 6.45) is 6.32. The van der Waals surface area contributed by atoms with Gasteiger partial charge in [0.1, 0.15) is 5.60 Å². The summed E-state index contributed by atoms with van der Waals surface area (Å²) in [5, 5.41) is 0. The van der Waals surface area contributed by atoms with Crippen molar-refractivity contribution in [3.8, 4) is 0 Å². The average molecular weight is 197 g/mol. The molecule has 0 aliphatic heterocycles. The summed E-state index contributed by atoms with van der Waals surface area (Å²) in [5.74, 6) is -0.298. The number of carbonyl (C=O) groups excluding carboxylic acids is 2. The van der Waals surface area contributed by atoms with Crippen LogP contribution in [0.15, 0.2) is 4.99 Å². The van der Waals surface area contributed by atoms with Gasteiger partial charge in [-0.1, -0.05) is 6.42 Å². The monoisotopic (exact) mass is 197 g/mol. The molecule has 0 amide bonds. The van der Waals surface area contributed by atoms with E-state index in [-0.39, 0.29) is 12.5 Å². The molecule has 14 heavy (non-hydrogen) atoms. The lowest BCUT2D eigenvalue weighted by atomic mass is 9.84. The fraction of sp³-hybridized carbons (Fsp3) is 0.800. The molecule has 1 aliphatic carbocycles. The number of hydrogen-bond donors (Lipinski definition) is 0. The van der Waals surface area contributed by atoms with Crippen LogP contribution in [0.25, 0.3) is 0 Å². The van der Waals surface area contributed by atoms with Crippen LogP contribution in [0.2, 0.25) is 0 Å². The number of ether oxygens (including phenoxy) is 1. The van der Waals surface area contributed by atoms with E-state index in [1.807, 2.05) is 0 Å². The van der Waals surface area contributed by atoms with Crippen LogP contribution in [0, 0.1) is 0 Å². The third kappa shape index (κ3) is 2.96. The molecular formula is C10H15NO3. The van der Waals surface area contributed by atoms with E-state index in [2.05, 4.69) is 4.99 Å². The number of rotatable bonds is 3. The first-order valence-corrected chi connectivity index (χ1v) is 4.92. The fourth-order valence-corrected chi connectivity index (χ4v) is 1.97. The first kappa shape index (κ1) is 10.9. The minimum absolute atomic E-state index is 0.260. The zero-order valence-electron chi connectivity index (χ0n) is 8.41. The van der Waals surface area contributed by atoms with Crippen LogP contribution in [0.5, 0.6) is 0 Å². The predicted molar refractivity (Wildman–Crippen MR) is 50.6 cm³/mol. The van der Waals surface area contributed by atoms with Crippen LogP contribution in [0.1, 0.15) is 39.0 Å². The molecule has 4 nitrogen and oxygen atoms in total. The maximum atomic E-state index is 10.9. The molecule has 0 radical (unpaired) electrons. The Morgan fingerprint density at radius 1 is 1.43 bits per heavy atom. The Morgan fingerprint density at radius 3 is 2.57 bits per heavy atom. The van der Waals surface area contributed by atoms with Crippen LogP contribution >= 0.6 is 0 Å². The van der Waals surface area contributed by atoms with Gasteiger partial charge in [0.2, 0.25) is 6.08 Å². The SMILES string of the molecule is CC(=O)OC1(CN=C=O)CCCCC1. The molecule has 0 atom stereocenters. The molecular weight excluding hydrogens is 182 g/mol. The molecule has 0 saturated heterocycles. The van der Waals surface area contributed by atoms with E-state index in [4.69, 9.17) is 4.74 Å². The molecule has 0 N–H and O–H groups in total. The van der Waals surface area contributed by atoms with Crippen molar-refractivity contribution in [3.63, 3.8) is 0 Å². The summed E-state index contributed by atoms with van der Waals surface area (Å²) >= 11 is 0. The minimum Gasteiger partial charge on any atom is -0.457 e. The third-order valence-corrected chi connectivity index (χ3v) is 2.56. The van der Waals surface area contributed by atoms with Gasteiger partial charge < -0.3 is 4.74 Å². The number of aliphatic imine (C=N–C) groups is 1. The van der Waals surface area contributed by atoms with E-state index in [1.54, 1.807) is 0 Å². The van der Waals surface area contributed by atoms with Gasteiger partial charge in [0.05, 0.1) is 6.54 Å². The molecule has 1 rings (SSSR count). The van der Waals surface area contributed by atoms with Gasteiger partial charge in [-0.2, -0.15) is 0 Å². The quantitative estimate of drug-likeness (QED) is 0.392.